The smallest absolute Gasteiger partial charge is 0 e. The molecule has 8 heteroatoms. The molecule has 0 amide bonds. The molecule has 0 radical (unpaired) electrons. The third kappa shape index (κ3) is 7.69. The molecule has 64 heavy (non-hydrogen) atoms. The Balaban J connectivity index is 0.00000484. The van der Waals surface area contributed by atoms with Crippen LogP contribution in [0.1, 0.15) is 25.0 Å². The standard InChI is InChI=1S/C56H40N5OTe.Pt/c1-56(2,41-20-10-5-11-21-41)42-30-33-58-54(34-42)61-50-36-45(28-29-52(50)63-53-31-32-57-37-51(53)61)62-44-23-14-22-43(35-44)59-38-60(49-27-13-12-26-48(49)59)55-46(39-16-6-3-7-17-39)24-15-25-47(55)40-18-8-4-9-19-40;/h3-34,37-38H,1-2H3;/q-3;. The van der Waals surface area contributed by atoms with Gasteiger partial charge in [-0.25, -0.2) is 0 Å². The number of benzene rings is 7. The van der Waals surface area contributed by atoms with Gasteiger partial charge in [0, 0.05) is 32.2 Å². The van der Waals surface area contributed by atoms with Crippen molar-refractivity contribution in [2.45, 2.75) is 19.3 Å². The average molecular weight is 1120 g/mol. The van der Waals surface area contributed by atoms with Gasteiger partial charge in [-0.05, 0) is 11.1 Å². The van der Waals surface area contributed by atoms with Crippen molar-refractivity contribution >= 4 is 68.1 Å². The number of para-hydroxylation sites is 3. The molecule has 0 bridgehead atoms. The Bertz CT molecular complexity index is 3050. The van der Waals surface area contributed by atoms with E-state index in [-0.39, 0.29) is 26.5 Å². The van der Waals surface area contributed by atoms with E-state index in [1.54, 1.807) is 0 Å². The molecule has 0 saturated carbocycles. The van der Waals surface area contributed by atoms with Gasteiger partial charge in [-0.1, -0.05) is 84.9 Å². The largest absolute Gasteiger partial charge is 0 e. The maximum absolute atomic E-state index is 6.69. The Hall–Kier alpha value is -6.48. The van der Waals surface area contributed by atoms with Gasteiger partial charge in [0.25, 0.3) is 0 Å². The van der Waals surface area contributed by atoms with E-state index in [4.69, 9.17) is 9.72 Å². The molecular weight excluding hydrogens is 1080 g/mol. The third-order valence-corrected chi connectivity index (χ3v) is 15.0. The summed E-state index contributed by atoms with van der Waals surface area (Å²) in [6, 6.07) is 71.0. The van der Waals surface area contributed by atoms with E-state index in [2.05, 4.69) is 216 Å². The predicted octanol–water partition coefficient (Wildman–Crippen LogP) is 12.4. The van der Waals surface area contributed by atoms with Crippen molar-refractivity contribution in [2.75, 3.05) is 14.7 Å². The van der Waals surface area contributed by atoms with Crippen LogP contribution in [-0.2, 0) is 26.5 Å². The molecule has 0 fully saturated rings. The zero-order valence-corrected chi connectivity index (χ0v) is 39.6. The molecule has 11 rings (SSSR count). The first kappa shape index (κ1) is 41.5. The van der Waals surface area contributed by atoms with Crippen LogP contribution in [-0.4, -0.2) is 30.9 Å². The second kappa shape index (κ2) is 17.6. The minimum atomic E-state index is -0.728. The SMILES string of the molecule is CC(C)(c1ccccc1)c1ccnc(N2c3[c-]c(Oc4[c-]c(N5[CH-]N(c6c(-c7ccccc7)cccc6-c6ccccc6)c6ccccc65)ccc4)ccc3[Te]c3ccncc32)c1.[Pt]. The summed E-state index contributed by atoms with van der Waals surface area (Å²) in [5, 5.41) is 0. The second-order valence-corrected chi connectivity index (χ2v) is 19.1. The van der Waals surface area contributed by atoms with Crippen LogP contribution in [0.3, 0.4) is 0 Å². The van der Waals surface area contributed by atoms with Gasteiger partial charge >= 0.3 is 274 Å². The van der Waals surface area contributed by atoms with Crippen molar-refractivity contribution < 1.29 is 25.8 Å². The molecule has 0 unspecified atom stereocenters. The fraction of sp³-hybridized carbons (Fsp3) is 0.0536. The first-order valence-electron chi connectivity index (χ1n) is 21.0. The van der Waals surface area contributed by atoms with E-state index in [1.807, 2.05) is 36.8 Å². The average Bonchev–Trinajstić information content (AvgIpc) is 3.73. The molecule has 2 aromatic heterocycles. The molecule has 0 atom stereocenters. The van der Waals surface area contributed by atoms with Crippen molar-refractivity contribution in [3.05, 3.63) is 231 Å². The number of ether oxygens (including phenoxy) is 1. The van der Waals surface area contributed by atoms with Gasteiger partial charge in [0.05, 0.1) is 0 Å². The number of aromatic nitrogens is 2. The molecular formula is C56H40N5OPtTe-3. The van der Waals surface area contributed by atoms with Gasteiger partial charge in [-0.2, -0.15) is 0 Å². The summed E-state index contributed by atoms with van der Waals surface area (Å²) in [6.45, 7) is 6.70. The van der Waals surface area contributed by atoms with Crippen molar-refractivity contribution in [3.8, 4) is 33.8 Å². The Kier molecular flexibility index (Phi) is 11.4. The number of pyridine rings is 2. The Morgan fingerprint density at radius 2 is 1.20 bits per heavy atom. The molecule has 2 aliphatic heterocycles. The van der Waals surface area contributed by atoms with E-state index in [0.29, 0.717) is 11.5 Å². The first-order chi connectivity index (χ1) is 31.0. The molecule has 0 saturated heterocycles. The Morgan fingerprint density at radius 3 is 1.92 bits per heavy atom. The van der Waals surface area contributed by atoms with Gasteiger partial charge < -0.3 is 0 Å². The minimum Gasteiger partial charge on any atom is 0 e. The van der Waals surface area contributed by atoms with Crippen molar-refractivity contribution in [1.82, 2.24) is 9.97 Å². The van der Waals surface area contributed by atoms with E-state index >= 15 is 0 Å². The van der Waals surface area contributed by atoms with Crippen LogP contribution in [0.25, 0.3) is 22.3 Å². The van der Waals surface area contributed by atoms with Crippen molar-refractivity contribution in [3.63, 3.8) is 0 Å². The van der Waals surface area contributed by atoms with Crippen LogP contribution in [0.5, 0.6) is 11.5 Å². The second-order valence-electron chi connectivity index (χ2n) is 16.0. The third-order valence-electron chi connectivity index (χ3n) is 11.8. The summed E-state index contributed by atoms with van der Waals surface area (Å²) in [6.07, 6.45) is 5.75. The summed E-state index contributed by atoms with van der Waals surface area (Å²) in [4.78, 5) is 16.2. The molecule has 6 nitrogen and oxygen atoms in total. The molecule has 0 N–H and O–H groups in total. The fourth-order valence-electron chi connectivity index (χ4n) is 8.55. The van der Waals surface area contributed by atoms with Gasteiger partial charge in [-0.3, -0.25) is 0 Å². The van der Waals surface area contributed by atoms with Crippen molar-refractivity contribution in [1.29, 1.82) is 0 Å². The summed E-state index contributed by atoms with van der Waals surface area (Å²) in [5.41, 5.74) is 12.8. The molecule has 9 aromatic rings. The van der Waals surface area contributed by atoms with Gasteiger partial charge in [-0.15, -0.1) is 0 Å². The number of hydrogen-bond acceptors (Lipinski definition) is 6. The number of hydrogen-bond donors (Lipinski definition) is 0. The van der Waals surface area contributed by atoms with Crippen LogP contribution in [0, 0.1) is 18.8 Å². The maximum Gasteiger partial charge on any atom is 0 e. The summed E-state index contributed by atoms with van der Waals surface area (Å²) in [5.74, 6) is 2.01. The molecule has 4 heterocycles. The molecule has 0 spiro atoms. The van der Waals surface area contributed by atoms with Gasteiger partial charge in [0.2, 0.25) is 0 Å². The minimum absolute atomic E-state index is 0. The van der Waals surface area contributed by atoms with Crippen LogP contribution in [0.2, 0.25) is 0 Å². The quantitative estimate of drug-likeness (QED) is 0.106. The molecule has 7 aromatic carbocycles. The molecule has 2 aliphatic rings. The number of anilines is 7. The number of rotatable bonds is 9. The van der Waals surface area contributed by atoms with E-state index < -0.39 is 20.9 Å². The van der Waals surface area contributed by atoms with Gasteiger partial charge in [0.15, 0.2) is 0 Å². The molecule has 0 aliphatic carbocycles. The van der Waals surface area contributed by atoms with E-state index in [0.717, 1.165) is 62.2 Å². The number of fused-ring (bicyclic) bond motifs is 3. The zero-order chi connectivity index (χ0) is 42.3. The van der Waals surface area contributed by atoms with Crippen LogP contribution >= 0.6 is 0 Å². The van der Waals surface area contributed by atoms with Crippen LogP contribution in [0.4, 0.5) is 39.9 Å². The number of nitrogens with zero attached hydrogens (tertiary/aromatic N) is 5. The Morgan fingerprint density at radius 1 is 0.562 bits per heavy atom. The summed E-state index contributed by atoms with van der Waals surface area (Å²) >= 11 is -0.728. The first-order valence-corrected chi connectivity index (χ1v) is 23.3. The molecule has 314 valence electrons. The fourth-order valence-corrected chi connectivity index (χ4v) is 11.4. The van der Waals surface area contributed by atoms with E-state index in [1.165, 1.54) is 18.3 Å². The Labute approximate surface area is 399 Å². The van der Waals surface area contributed by atoms with Crippen molar-refractivity contribution in [2.24, 2.45) is 0 Å². The van der Waals surface area contributed by atoms with Crippen LogP contribution < -0.4 is 26.7 Å². The van der Waals surface area contributed by atoms with E-state index in [9.17, 15) is 0 Å². The van der Waals surface area contributed by atoms with Crippen LogP contribution in [0.15, 0.2) is 201 Å². The monoisotopic (exact) mass is 1120 g/mol. The normalized spacial score (nSPS) is 12.8. The summed E-state index contributed by atoms with van der Waals surface area (Å²) < 4.78 is 9.25. The topological polar surface area (TPSA) is 44.7 Å². The van der Waals surface area contributed by atoms with Gasteiger partial charge in [0.1, 0.15) is 0 Å². The summed E-state index contributed by atoms with van der Waals surface area (Å²) in [7, 11) is 0. The zero-order valence-electron chi connectivity index (χ0n) is 35.0. The predicted molar refractivity (Wildman–Crippen MR) is 257 cm³/mol. The maximum atomic E-state index is 6.69.